The van der Waals surface area contributed by atoms with Crippen molar-refractivity contribution in [3.63, 3.8) is 0 Å². The summed E-state index contributed by atoms with van der Waals surface area (Å²) in [7, 11) is -2.03. The van der Waals surface area contributed by atoms with Crippen LogP contribution < -0.4 is 9.46 Å². The minimum atomic E-state index is -3.71. The summed E-state index contributed by atoms with van der Waals surface area (Å²) in [5.74, 6) is 0.737. The number of nitrogens with one attached hydrogen (secondary N) is 1. The van der Waals surface area contributed by atoms with Gasteiger partial charge in [0.1, 0.15) is 10.6 Å². The smallest absolute Gasteiger partial charge is 0.267 e. The van der Waals surface area contributed by atoms with Gasteiger partial charge in [-0.2, -0.15) is 5.10 Å². The van der Waals surface area contributed by atoms with Crippen molar-refractivity contribution in [2.75, 3.05) is 11.3 Å². The summed E-state index contributed by atoms with van der Waals surface area (Å²) in [6.45, 7) is 4.14. The molecule has 0 spiro atoms. The second-order valence-electron chi connectivity index (χ2n) is 4.94. The van der Waals surface area contributed by atoms with Gasteiger partial charge >= 0.3 is 0 Å². The van der Waals surface area contributed by atoms with E-state index in [4.69, 9.17) is 4.74 Å². The topological polar surface area (TPSA) is 86.1 Å². The van der Waals surface area contributed by atoms with Gasteiger partial charge in [0.25, 0.3) is 10.0 Å². The van der Waals surface area contributed by atoms with Gasteiger partial charge in [-0.1, -0.05) is 11.3 Å². The summed E-state index contributed by atoms with van der Waals surface area (Å²) >= 11 is 1.26. The lowest BCUT2D eigenvalue weighted by Crippen LogP contribution is -2.13. The largest absolute Gasteiger partial charge is 0.494 e. The van der Waals surface area contributed by atoms with Gasteiger partial charge in [0.15, 0.2) is 5.13 Å². The molecule has 122 valence electrons. The number of aromatic nitrogens is 3. The van der Waals surface area contributed by atoms with Gasteiger partial charge in [-0.15, -0.1) is 0 Å². The van der Waals surface area contributed by atoms with E-state index in [1.807, 2.05) is 25.1 Å². The minimum Gasteiger partial charge on any atom is -0.494 e. The zero-order chi connectivity index (χ0) is 16.6. The molecule has 0 aliphatic rings. The van der Waals surface area contributed by atoms with Gasteiger partial charge in [0.2, 0.25) is 0 Å². The van der Waals surface area contributed by atoms with Crippen LogP contribution in [0.15, 0.2) is 29.3 Å². The normalized spacial score (nSPS) is 11.8. The summed E-state index contributed by atoms with van der Waals surface area (Å²) in [6, 6.07) is 5.47. The van der Waals surface area contributed by atoms with E-state index in [0.29, 0.717) is 17.4 Å². The fourth-order valence-corrected chi connectivity index (χ4v) is 4.56. The predicted octanol–water partition coefficient (Wildman–Crippen LogP) is 2.54. The van der Waals surface area contributed by atoms with Crippen LogP contribution in [0.4, 0.5) is 5.13 Å². The maximum absolute atomic E-state index is 12.5. The van der Waals surface area contributed by atoms with E-state index in [9.17, 15) is 8.42 Å². The molecule has 1 aromatic carbocycles. The molecule has 0 saturated carbocycles. The van der Waals surface area contributed by atoms with Crippen LogP contribution in [0.3, 0.4) is 0 Å². The highest BCUT2D eigenvalue weighted by Crippen LogP contribution is 2.30. The molecule has 0 aliphatic carbocycles. The molecule has 0 saturated heterocycles. The van der Waals surface area contributed by atoms with E-state index in [-0.39, 0.29) is 4.90 Å². The summed E-state index contributed by atoms with van der Waals surface area (Å²) < 4.78 is 35.2. The van der Waals surface area contributed by atoms with Crippen LogP contribution in [-0.4, -0.2) is 29.8 Å². The Morgan fingerprint density at radius 1 is 1.39 bits per heavy atom. The number of aryl methyl sites for hydroxylation is 2. The summed E-state index contributed by atoms with van der Waals surface area (Å²) in [6.07, 6.45) is 1.47. The number of ether oxygens (including phenoxy) is 1. The van der Waals surface area contributed by atoms with Gasteiger partial charge in [-0.25, -0.2) is 13.4 Å². The Labute approximate surface area is 138 Å². The zero-order valence-corrected chi connectivity index (χ0v) is 14.5. The molecular weight excluding hydrogens is 336 g/mol. The molecule has 0 radical (unpaired) electrons. The molecule has 1 N–H and O–H groups in total. The van der Waals surface area contributed by atoms with Crippen LogP contribution in [-0.2, 0) is 17.1 Å². The van der Waals surface area contributed by atoms with E-state index in [1.165, 1.54) is 22.2 Å². The predicted molar refractivity (Wildman–Crippen MR) is 89.5 cm³/mol. The van der Waals surface area contributed by atoms with Crippen molar-refractivity contribution in [3.8, 4) is 5.75 Å². The monoisotopic (exact) mass is 352 g/mol. The first-order valence-electron chi connectivity index (χ1n) is 6.95. The SMILES string of the molecule is CCOc1ccc2nc(NS(=O)(=O)c3cn(C)nc3C)sc2c1. The van der Waals surface area contributed by atoms with Crippen molar-refractivity contribution in [1.82, 2.24) is 14.8 Å². The second kappa shape index (κ2) is 5.82. The fraction of sp³-hybridized carbons (Fsp3) is 0.286. The van der Waals surface area contributed by atoms with Crippen molar-refractivity contribution in [2.45, 2.75) is 18.7 Å². The van der Waals surface area contributed by atoms with E-state index < -0.39 is 10.0 Å². The second-order valence-corrected chi connectivity index (χ2v) is 7.62. The number of thiazole rings is 1. The highest BCUT2D eigenvalue weighted by molar-refractivity contribution is 7.93. The van der Waals surface area contributed by atoms with Crippen LogP contribution in [0.2, 0.25) is 0 Å². The third-order valence-corrected chi connectivity index (χ3v) is 5.66. The van der Waals surface area contributed by atoms with Crippen molar-refractivity contribution < 1.29 is 13.2 Å². The average Bonchev–Trinajstić information content (AvgIpc) is 3.00. The Balaban J connectivity index is 1.93. The van der Waals surface area contributed by atoms with Crippen molar-refractivity contribution in [2.24, 2.45) is 7.05 Å². The van der Waals surface area contributed by atoms with Gasteiger partial charge in [-0.3, -0.25) is 9.40 Å². The maximum Gasteiger partial charge on any atom is 0.267 e. The van der Waals surface area contributed by atoms with E-state index in [1.54, 1.807) is 14.0 Å². The minimum absolute atomic E-state index is 0.147. The standard InChI is InChI=1S/C14H16N4O3S2/c1-4-21-10-5-6-11-12(7-10)22-14(15-11)17-23(19,20)13-8-18(3)16-9(13)2/h5-8H,4H2,1-3H3,(H,15,17). The molecule has 2 aromatic heterocycles. The maximum atomic E-state index is 12.5. The number of fused-ring (bicyclic) bond motifs is 1. The first-order valence-corrected chi connectivity index (χ1v) is 9.25. The number of sulfonamides is 1. The molecule has 2 heterocycles. The molecule has 0 amide bonds. The number of nitrogens with zero attached hydrogens (tertiary/aromatic N) is 3. The number of benzene rings is 1. The Bertz CT molecular complexity index is 960. The first-order chi connectivity index (χ1) is 10.9. The lowest BCUT2D eigenvalue weighted by Gasteiger charge is -2.02. The highest BCUT2D eigenvalue weighted by Gasteiger charge is 2.21. The lowest BCUT2D eigenvalue weighted by atomic mass is 10.3. The molecule has 3 rings (SSSR count). The number of rotatable bonds is 5. The zero-order valence-electron chi connectivity index (χ0n) is 12.9. The number of hydrogen-bond acceptors (Lipinski definition) is 6. The van der Waals surface area contributed by atoms with Crippen molar-refractivity contribution >= 4 is 36.7 Å². The Morgan fingerprint density at radius 2 is 2.17 bits per heavy atom. The third-order valence-electron chi connectivity index (χ3n) is 3.15. The van der Waals surface area contributed by atoms with Crippen molar-refractivity contribution in [1.29, 1.82) is 0 Å². The molecule has 0 atom stereocenters. The van der Waals surface area contributed by atoms with Crippen LogP contribution >= 0.6 is 11.3 Å². The average molecular weight is 352 g/mol. The van der Waals surface area contributed by atoms with Gasteiger partial charge in [0.05, 0.1) is 22.5 Å². The Morgan fingerprint density at radius 3 is 2.83 bits per heavy atom. The van der Waals surface area contributed by atoms with Crippen LogP contribution in [0, 0.1) is 6.92 Å². The van der Waals surface area contributed by atoms with Crippen LogP contribution in [0.1, 0.15) is 12.6 Å². The molecule has 0 fully saturated rings. The molecular formula is C14H16N4O3S2. The molecule has 7 nitrogen and oxygen atoms in total. The lowest BCUT2D eigenvalue weighted by molar-refractivity contribution is 0.341. The van der Waals surface area contributed by atoms with E-state index >= 15 is 0 Å². The highest BCUT2D eigenvalue weighted by atomic mass is 32.2. The summed E-state index contributed by atoms with van der Waals surface area (Å²) in [5, 5.41) is 4.37. The Hall–Kier alpha value is -2.13. The molecule has 23 heavy (non-hydrogen) atoms. The molecule has 0 unspecified atom stereocenters. The van der Waals surface area contributed by atoms with E-state index in [0.717, 1.165) is 16.0 Å². The van der Waals surface area contributed by atoms with Gasteiger partial charge in [0, 0.05) is 13.2 Å². The third kappa shape index (κ3) is 3.15. The fourth-order valence-electron chi connectivity index (χ4n) is 2.22. The number of anilines is 1. The molecule has 0 bridgehead atoms. The van der Waals surface area contributed by atoms with Gasteiger partial charge in [-0.05, 0) is 32.0 Å². The Kier molecular flexibility index (Phi) is 3.99. The molecule has 3 aromatic rings. The van der Waals surface area contributed by atoms with Crippen LogP contribution in [0.25, 0.3) is 10.2 Å². The molecule has 0 aliphatic heterocycles. The molecule has 9 heteroatoms. The van der Waals surface area contributed by atoms with Crippen molar-refractivity contribution in [3.05, 3.63) is 30.1 Å². The first kappa shape index (κ1) is 15.8. The van der Waals surface area contributed by atoms with Crippen LogP contribution in [0.5, 0.6) is 5.75 Å². The van der Waals surface area contributed by atoms with E-state index in [2.05, 4.69) is 14.8 Å². The number of hydrogen-bond donors (Lipinski definition) is 1. The summed E-state index contributed by atoms with van der Waals surface area (Å²) in [4.78, 5) is 4.45. The quantitative estimate of drug-likeness (QED) is 0.762. The van der Waals surface area contributed by atoms with Gasteiger partial charge < -0.3 is 4.74 Å². The summed E-state index contributed by atoms with van der Waals surface area (Å²) in [5.41, 5.74) is 1.17.